The van der Waals surface area contributed by atoms with Crippen LogP contribution in [0.3, 0.4) is 0 Å². The minimum atomic E-state index is 0.741. The lowest BCUT2D eigenvalue weighted by atomic mass is 10.0. The number of rotatable bonds is 1. The van der Waals surface area contributed by atoms with Gasteiger partial charge in [-0.05, 0) is 29.0 Å². The van der Waals surface area contributed by atoms with Crippen LogP contribution in [-0.4, -0.2) is 9.97 Å². The van der Waals surface area contributed by atoms with Gasteiger partial charge in [-0.2, -0.15) is 0 Å². The molecule has 0 saturated carbocycles. The summed E-state index contributed by atoms with van der Waals surface area (Å²) in [7, 11) is 0. The molecule has 1 aromatic heterocycles. The third kappa shape index (κ3) is 1.64. The first kappa shape index (κ1) is 11.1. The van der Waals surface area contributed by atoms with Crippen LogP contribution in [0.2, 0.25) is 0 Å². The van der Waals surface area contributed by atoms with E-state index in [2.05, 4.69) is 40.3 Å². The molecule has 0 fully saturated rings. The van der Waals surface area contributed by atoms with Gasteiger partial charge in [0.1, 0.15) is 5.82 Å². The lowest BCUT2D eigenvalue weighted by Gasteiger charge is -2.03. The zero-order chi connectivity index (χ0) is 13.5. The van der Waals surface area contributed by atoms with Gasteiger partial charge in [0.2, 0.25) is 0 Å². The zero-order valence-corrected chi connectivity index (χ0v) is 10.8. The fourth-order valence-electron chi connectivity index (χ4n) is 2.59. The van der Waals surface area contributed by atoms with E-state index in [-0.39, 0.29) is 0 Å². The molecule has 1 heterocycles. The highest BCUT2D eigenvalue weighted by molar-refractivity contribution is 5.96. The first-order valence-electron chi connectivity index (χ1n) is 6.55. The predicted octanol–water partition coefficient (Wildman–Crippen LogP) is 3.97. The van der Waals surface area contributed by atoms with E-state index >= 15 is 0 Å². The summed E-state index contributed by atoms with van der Waals surface area (Å²) in [5, 5.41) is 2.41. The largest absolute Gasteiger partial charge is 0.399 e. The van der Waals surface area contributed by atoms with Gasteiger partial charge in [0, 0.05) is 11.3 Å². The Morgan fingerprint density at radius 2 is 1.75 bits per heavy atom. The molecule has 3 aromatic carbocycles. The summed E-state index contributed by atoms with van der Waals surface area (Å²) < 4.78 is 0. The molecule has 0 aliphatic rings. The van der Waals surface area contributed by atoms with Crippen molar-refractivity contribution in [1.82, 2.24) is 9.97 Å². The van der Waals surface area contributed by atoms with Crippen LogP contribution in [0.1, 0.15) is 0 Å². The van der Waals surface area contributed by atoms with Crippen LogP contribution < -0.4 is 5.73 Å². The summed E-state index contributed by atoms with van der Waals surface area (Å²) in [6, 6.07) is 20.3. The number of nitrogens with zero attached hydrogens (tertiary/aromatic N) is 1. The van der Waals surface area contributed by atoms with Crippen molar-refractivity contribution in [3.63, 3.8) is 0 Å². The normalized spacial score (nSPS) is 11.2. The van der Waals surface area contributed by atoms with Gasteiger partial charge in [-0.1, -0.05) is 42.5 Å². The van der Waals surface area contributed by atoms with E-state index in [4.69, 9.17) is 5.73 Å². The summed E-state index contributed by atoms with van der Waals surface area (Å²) in [4.78, 5) is 8.02. The number of aromatic amines is 1. The molecule has 20 heavy (non-hydrogen) atoms. The molecule has 0 unspecified atom stereocenters. The number of hydrogen-bond acceptors (Lipinski definition) is 2. The van der Waals surface area contributed by atoms with Crippen LogP contribution in [0.25, 0.3) is 33.2 Å². The first-order chi connectivity index (χ1) is 9.81. The van der Waals surface area contributed by atoms with Crippen LogP contribution >= 0.6 is 0 Å². The van der Waals surface area contributed by atoms with Crippen LogP contribution in [0.15, 0.2) is 60.7 Å². The van der Waals surface area contributed by atoms with Crippen LogP contribution in [0, 0.1) is 0 Å². The molecule has 3 heteroatoms. The Bertz CT molecular complexity index is 916. The number of nitrogen functional groups attached to an aromatic ring is 1. The quantitative estimate of drug-likeness (QED) is 0.508. The average molecular weight is 259 g/mol. The number of benzene rings is 3. The lowest BCUT2D eigenvalue weighted by molar-refractivity contribution is 1.35. The molecular formula is C17H13N3. The van der Waals surface area contributed by atoms with Gasteiger partial charge < -0.3 is 10.7 Å². The molecule has 0 aliphatic heterocycles. The number of fused-ring (bicyclic) bond motifs is 2. The molecule has 0 atom stereocenters. The molecule has 4 aromatic rings. The number of H-pyrrole nitrogens is 1. The standard InChI is InChI=1S/C17H13N3/c18-12-8-9-15-16(10-12)20-17(19-15)14-7-3-5-11-4-1-2-6-13(11)14/h1-10H,18H2,(H,19,20). The van der Waals surface area contributed by atoms with Crippen molar-refractivity contribution in [3.8, 4) is 11.4 Å². The highest BCUT2D eigenvalue weighted by Gasteiger charge is 2.08. The SMILES string of the molecule is Nc1ccc2nc(-c3cccc4ccccc34)[nH]c2c1. The van der Waals surface area contributed by atoms with E-state index in [9.17, 15) is 0 Å². The summed E-state index contributed by atoms with van der Waals surface area (Å²) >= 11 is 0. The van der Waals surface area contributed by atoms with Gasteiger partial charge in [-0.15, -0.1) is 0 Å². The topological polar surface area (TPSA) is 54.7 Å². The van der Waals surface area contributed by atoms with E-state index in [1.54, 1.807) is 0 Å². The van der Waals surface area contributed by atoms with E-state index in [1.165, 1.54) is 10.8 Å². The van der Waals surface area contributed by atoms with Gasteiger partial charge in [-0.3, -0.25) is 0 Å². The molecule has 0 amide bonds. The van der Waals surface area contributed by atoms with Crippen LogP contribution in [-0.2, 0) is 0 Å². The predicted molar refractivity (Wildman–Crippen MR) is 83.4 cm³/mol. The van der Waals surface area contributed by atoms with E-state index in [0.29, 0.717) is 0 Å². The zero-order valence-electron chi connectivity index (χ0n) is 10.8. The molecule has 0 aliphatic carbocycles. The van der Waals surface area contributed by atoms with Crippen molar-refractivity contribution >= 4 is 27.5 Å². The van der Waals surface area contributed by atoms with Gasteiger partial charge >= 0.3 is 0 Å². The van der Waals surface area contributed by atoms with E-state index in [1.807, 2.05) is 30.3 Å². The molecular weight excluding hydrogens is 246 g/mol. The highest BCUT2D eigenvalue weighted by Crippen LogP contribution is 2.28. The number of aromatic nitrogens is 2. The second-order valence-corrected chi connectivity index (χ2v) is 4.89. The molecule has 4 rings (SSSR count). The Labute approximate surface area is 116 Å². The summed E-state index contributed by atoms with van der Waals surface area (Å²) in [6.45, 7) is 0. The van der Waals surface area contributed by atoms with Crippen molar-refractivity contribution in [2.75, 3.05) is 5.73 Å². The second-order valence-electron chi connectivity index (χ2n) is 4.89. The molecule has 3 nitrogen and oxygen atoms in total. The second kappa shape index (κ2) is 4.10. The number of imidazole rings is 1. The van der Waals surface area contributed by atoms with Crippen LogP contribution in [0.4, 0.5) is 5.69 Å². The number of hydrogen-bond donors (Lipinski definition) is 2. The molecule has 0 bridgehead atoms. The maximum Gasteiger partial charge on any atom is 0.139 e. The first-order valence-corrected chi connectivity index (χ1v) is 6.55. The van der Waals surface area contributed by atoms with Gasteiger partial charge in [0.15, 0.2) is 0 Å². The van der Waals surface area contributed by atoms with Crippen molar-refractivity contribution in [1.29, 1.82) is 0 Å². The van der Waals surface area contributed by atoms with Crippen LogP contribution in [0.5, 0.6) is 0 Å². The third-order valence-electron chi connectivity index (χ3n) is 3.55. The highest BCUT2D eigenvalue weighted by atomic mass is 14.9. The van der Waals surface area contributed by atoms with Crippen molar-refractivity contribution in [2.24, 2.45) is 0 Å². The lowest BCUT2D eigenvalue weighted by Crippen LogP contribution is -1.83. The minimum absolute atomic E-state index is 0.741. The molecule has 0 spiro atoms. The summed E-state index contributed by atoms with van der Waals surface area (Å²) in [5.74, 6) is 0.877. The molecule has 0 saturated heterocycles. The monoisotopic (exact) mass is 259 g/mol. The van der Waals surface area contributed by atoms with Gasteiger partial charge in [0.25, 0.3) is 0 Å². The smallest absolute Gasteiger partial charge is 0.139 e. The fourth-order valence-corrected chi connectivity index (χ4v) is 2.59. The van der Waals surface area contributed by atoms with E-state index in [0.717, 1.165) is 28.1 Å². The summed E-state index contributed by atoms with van der Waals surface area (Å²) in [5.41, 5.74) is 9.56. The van der Waals surface area contributed by atoms with Crippen molar-refractivity contribution in [2.45, 2.75) is 0 Å². The van der Waals surface area contributed by atoms with Crippen molar-refractivity contribution < 1.29 is 0 Å². The Morgan fingerprint density at radius 3 is 2.70 bits per heavy atom. The molecule has 0 radical (unpaired) electrons. The fraction of sp³-hybridized carbons (Fsp3) is 0. The van der Waals surface area contributed by atoms with E-state index < -0.39 is 0 Å². The Hall–Kier alpha value is -2.81. The number of nitrogens with one attached hydrogen (secondary N) is 1. The molecule has 96 valence electrons. The minimum Gasteiger partial charge on any atom is -0.399 e. The maximum atomic E-state index is 5.81. The third-order valence-corrected chi connectivity index (χ3v) is 3.55. The van der Waals surface area contributed by atoms with Gasteiger partial charge in [-0.25, -0.2) is 4.98 Å². The Balaban J connectivity index is 2.01. The number of nitrogens with two attached hydrogens (primary N) is 1. The summed E-state index contributed by atoms with van der Waals surface area (Å²) in [6.07, 6.45) is 0. The average Bonchev–Trinajstić information content (AvgIpc) is 2.89. The van der Waals surface area contributed by atoms with Crippen molar-refractivity contribution in [3.05, 3.63) is 60.7 Å². The molecule has 3 N–H and O–H groups in total. The Kier molecular flexibility index (Phi) is 2.27. The van der Waals surface area contributed by atoms with Gasteiger partial charge in [0.05, 0.1) is 11.0 Å². The number of anilines is 1. The Morgan fingerprint density at radius 1 is 0.900 bits per heavy atom. The maximum absolute atomic E-state index is 5.81.